The van der Waals surface area contributed by atoms with E-state index in [2.05, 4.69) is 11.0 Å². The zero-order chi connectivity index (χ0) is 20.4. The standard InChI is InChI=1S/C21H23N3O3S2/c1-29(26,27)15-16-6-8-17(9-7-16)21(25)24-12-10-23(11-13-24)14-20-22-18-4-2-3-5-19(18)28-20/h2-9H,10-15H2,1H3. The Morgan fingerprint density at radius 1 is 1.03 bits per heavy atom. The number of fused-ring (bicyclic) bond motifs is 1. The number of carbonyl (C=O) groups is 1. The van der Waals surface area contributed by atoms with Gasteiger partial charge in [0, 0.05) is 38.0 Å². The van der Waals surface area contributed by atoms with Gasteiger partial charge in [0.15, 0.2) is 9.84 Å². The number of rotatable bonds is 5. The van der Waals surface area contributed by atoms with Crippen LogP contribution in [0.5, 0.6) is 0 Å². The Labute approximate surface area is 174 Å². The molecule has 0 saturated carbocycles. The number of hydrogen-bond donors (Lipinski definition) is 0. The summed E-state index contributed by atoms with van der Waals surface area (Å²) >= 11 is 1.72. The molecule has 1 saturated heterocycles. The van der Waals surface area contributed by atoms with Crippen LogP contribution in [-0.4, -0.2) is 61.5 Å². The van der Waals surface area contributed by atoms with E-state index in [-0.39, 0.29) is 11.7 Å². The van der Waals surface area contributed by atoms with E-state index in [1.807, 2.05) is 23.1 Å². The molecule has 152 valence electrons. The van der Waals surface area contributed by atoms with Gasteiger partial charge in [0.2, 0.25) is 0 Å². The van der Waals surface area contributed by atoms with E-state index in [1.165, 1.54) is 11.0 Å². The van der Waals surface area contributed by atoms with Crippen molar-refractivity contribution in [1.29, 1.82) is 0 Å². The maximum atomic E-state index is 12.8. The lowest BCUT2D eigenvalue weighted by Gasteiger charge is -2.34. The molecule has 1 aliphatic heterocycles. The molecule has 2 aromatic carbocycles. The van der Waals surface area contributed by atoms with Gasteiger partial charge in [0.05, 0.1) is 22.5 Å². The average Bonchev–Trinajstić information content (AvgIpc) is 3.10. The van der Waals surface area contributed by atoms with Crippen molar-refractivity contribution in [1.82, 2.24) is 14.8 Å². The molecule has 1 aliphatic rings. The summed E-state index contributed by atoms with van der Waals surface area (Å²) < 4.78 is 24.0. The Hall–Kier alpha value is -2.29. The monoisotopic (exact) mass is 429 g/mol. The van der Waals surface area contributed by atoms with Crippen molar-refractivity contribution < 1.29 is 13.2 Å². The SMILES string of the molecule is CS(=O)(=O)Cc1ccc(C(=O)N2CCN(Cc3nc4ccccc4s3)CC2)cc1. The highest BCUT2D eigenvalue weighted by molar-refractivity contribution is 7.89. The van der Waals surface area contributed by atoms with Crippen LogP contribution in [-0.2, 0) is 22.1 Å². The highest BCUT2D eigenvalue weighted by Gasteiger charge is 2.23. The molecule has 2 heterocycles. The largest absolute Gasteiger partial charge is 0.336 e. The molecule has 8 heteroatoms. The molecular formula is C21H23N3O3S2. The number of thiazole rings is 1. The van der Waals surface area contributed by atoms with Gasteiger partial charge >= 0.3 is 0 Å². The minimum absolute atomic E-state index is 0.00413. The number of sulfone groups is 1. The molecule has 1 aromatic heterocycles. The van der Waals surface area contributed by atoms with Gasteiger partial charge in [-0.2, -0.15) is 0 Å². The molecule has 4 rings (SSSR count). The molecule has 0 spiro atoms. The normalized spacial score (nSPS) is 15.7. The second kappa shape index (κ2) is 8.22. The molecule has 0 atom stereocenters. The Bertz CT molecular complexity index is 1080. The fourth-order valence-corrected chi connectivity index (χ4v) is 5.32. The van der Waals surface area contributed by atoms with E-state index in [0.29, 0.717) is 24.2 Å². The second-order valence-electron chi connectivity index (χ2n) is 7.41. The summed E-state index contributed by atoms with van der Waals surface area (Å²) in [5.74, 6) is -0.0122. The molecule has 1 fully saturated rings. The third-order valence-electron chi connectivity index (χ3n) is 4.99. The van der Waals surface area contributed by atoms with Crippen LogP contribution in [0, 0.1) is 0 Å². The van der Waals surface area contributed by atoms with Gasteiger partial charge in [-0.1, -0.05) is 24.3 Å². The predicted octanol–water partition coefficient (Wildman–Crippen LogP) is 2.80. The number of aromatic nitrogens is 1. The first-order chi connectivity index (χ1) is 13.9. The Morgan fingerprint density at radius 3 is 2.38 bits per heavy atom. The molecule has 0 bridgehead atoms. The van der Waals surface area contributed by atoms with Crippen LogP contribution in [0.1, 0.15) is 20.9 Å². The zero-order valence-electron chi connectivity index (χ0n) is 16.2. The quantitative estimate of drug-likeness (QED) is 0.624. The number of piperazine rings is 1. The minimum atomic E-state index is -3.08. The van der Waals surface area contributed by atoms with Gasteiger partial charge in [0.1, 0.15) is 5.01 Å². The van der Waals surface area contributed by atoms with E-state index in [9.17, 15) is 13.2 Å². The van der Waals surface area contributed by atoms with Crippen LogP contribution < -0.4 is 0 Å². The van der Waals surface area contributed by atoms with E-state index in [1.54, 1.807) is 35.6 Å². The first kappa shape index (κ1) is 20.0. The number of benzene rings is 2. The predicted molar refractivity (Wildman–Crippen MR) is 116 cm³/mol. The maximum Gasteiger partial charge on any atom is 0.253 e. The maximum absolute atomic E-state index is 12.8. The Balaban J connectivity index is 1.33. The van der Waals surface area contributed by atoms with E-state index in [0.717, 1.165) is 30.2 Å². The molecular weight excluding hydrogens is 406 g/mol. The third-order valence-corrected chi connectivity index (χ3v) is 6.87. The van der Waals surface area contributed by atoms with E-state index < -0.39 is 9.84 Å². The summed E-state index contributed by atoms with van der Waals surface area (Å²) in [6.45, 7) is 3.78. The van der Waals surface area contributed by atoms with E-state index in [4.69, 9.17) is 4.98 Å². The lowest BCUT2D eigenvalue weighted by molar-refractivity contribution is 0.0628. The summed E-state index contributed by atoms with van der Waals surface area (Å²) in [5.41, 5.74) is 2.34. The average molecular weight is 430 g/mol. The summed E-state index contributed by atoms with van der Waals surface area (Å²) in [5, 5.41) is 1.10. The first-order valence-electron chi connectivity index (χ1n) is 9.50. The van der Waals surface area contributed by atoms with Gasteiger partial charge < -0.3 is 4.90 Å². The smallest absolute Gasteiger partial charge is 0.253 e. The lowest BCUT2D eigenvalue weighted by Crippen LogP contribution is -2.48. The molecule has 3 aromatic rings. The number of hydrogen-bond acceptors (Lipinski definition) is 6. The molecule has 0 N–H and O–H groups in total. The molecule has 0 aliphatic carbocycles. The van der Waals surface area contributed by atoms with Gasteiger partial charge in [-0.15, -0.1) is 11.3 Å². The van der Waals surface area contributed by atoms with Gasteiger partial charge in [-0.25, -0.2) is 13.4 Å². The molecule has 0 unspecified atom stereocenters. The van der Waals surface area contributed by atoms with Crippen molar-refractivity contribution in [2.45, 2.75) is 12.3 Å². The minimum Gasteiger partial charge on any atom is -0.336 e. The van der Waals surface area contributed by atoms with Crippen LogP contribution in [0.4, 0.5) is 0 Å². The molecule has 29 heavy (non-hydrogen) atoms. The van der Waals surface area contributed by atoms with Crippen LogP contribution in [0.15, 0.2) is 48.5 Å². The van der Waals surface area contributed by atoms with Crippen molar-refractivity contribution in [3.8, 4) is 0 Å². The zero-order valence-corrected chi connectivity index (χ0v) is 17.9. The van der Waals surface area contributed by atoms with Crippen LogP contribution in [0.2, 0.25) is 0 Å². The fourth-order valence-electron chi connectivity index (χ4n) is 3.52. The molecule has 6 nitrogen and oxygen atoms in total. The summed E-state index contributed by atoms with van der Waals surface area (Å²) in [7, 11) is -3.08. The first-order valence-corrected chi connectivity index (χ1v) is 12.4. The second-order valence-corrected chi connectivity index (χ2v) is 10.7. The van der Waals surface area contributed by atoms with Crippen LogP contribution >= 0.6 is 11.3 Å². The van der Waals surface area contributed by atoms with Crippen molar-refractivity contribution in [3.05, 3.63) is 64.7 Å². The van der Waals surface area contributed by atoms with Gasteiger partial charge in [-0.3, -0.25) is 9.69 Å². The number of nitrogens with zero attached hydrogens (tertiary/aromatic N) is 3. The number of carbonyl (C=O) groups excluding carboxylic acids is 1. The van der Waals surface area contributed by atoms with Crippen molar-refractivity contribution in [2.75, 3.05) is 32.4 Å². The lowest BCUT2D eigenvalue weighted by atomic mass is 10.1. The van der Waals surface area contributed by atoms with E-state index >= 15 is 0 Å². The topological polar surface area (TPSA) is 70.6 Å². The summed E-state index contributed by atoms with van der Waals surface area (Å²) in [6, 6.07) is 15.0. The highest BCUT2D eigenvalue weighted by atomic mass is 32.2. The summed E-state index contributed by atoms with van der Waals surface area (Å²) in [6.07, 6.45) is 1.21. The van der Waals surface area contributed by atoms with Crippen LogP contribution in [0.3, 0.4) is 0 Å². The Morgan fingerprint density at radius 2 is 1.72 bits per heavy atom. The third kappa shape index (κ3) is 5.01. The highest BCUT2D eigenvalue weighted by Crippen LogP contribution is 2.23. The van der Waals surface area contributed by atoms with Gasteiger partial charge in [-0.05, 0) is 29.8 Å². The number of amides is 1. The summed E-state index contributed by atoms with van der Waals surface area (Å²) in [4.78, 5) is 21.6. The van der Waals surface area contributed by atoms with Crippen molar-refractivity contribution in [3.63, 3.8) is 0 Å². The van der Waals surface area contributed by atoms with Crippen molar-refractivity contribution >= 4 is 37.3 Å². The molecule has 1 amide bonds. The van der Waals surface area contributed by atoms with Gasteiger partial charge in [0.25, 0.3) is 5.91 Å². The fraction of sp³-hybridized carbons (Fsp3) is 0.333. The van der Waals surface area contributed by atoms with Crippen molar-refractivity contribution in [2.24, 2.45) is 0 Å². The molecule has 0 radical (unpaired) electrons. The Kier molecular flexibility index (Phi) is 5.67. The number of para-hydroxylation sites is 1. The van der Waals surface area contributed by atoms with Crippen LogP contribution in [0.25, 0.3) is 10.2 Å².